The summed E-state index contributed by atoms with van der Waals surface area (Å²) >= 11 is 14.2. The minimum absolute atomic E-state index is 0.162. The van der Waals surface area contributed by atoms with E-state index in [9.17, 15) is 5.26 Å². The van der Waals surface area contributed by atoms with Crippen LogP contribution in [0.4, 0.5) is 5.13 Å². The molecule has 0 bridgehead atoms. The van der Waals surface area contributed by atoms with Crippen LogP contribution < -0.4 is 4.90 Å². The molecule has 146 valence electrons. The molecule has 0 saturated carbocycles. The zero-order chi connectivity index (χ0) is 20.1. The highest BCUT2D eigenvalue weighted by atomic mass is 35.5. The number of thiazole rings is 1. The van der Waals surface area contributed by atoms with Gasteiger partial charge in [0.2, 0.25) is 0 Å². The highest BCUT2D eigenvalue weighted by molar-refractivity contribution is 7.15. The fraction of sp³-hybridized carbons (Fsp3) is 0.364. The van der Waals surface area contributed by atoms with E-state index < -0.39 is 0 Å². The van der Waals surface area contributed by atoms with Gasteiger partial charge in [0.05, 0.1) is 17.1 Å². The number of alkyl halides is 1. The van der Waals surface area contributed by atoms with E-state index in [2.05, 4.69) is 38.1 Å². The summed E-state index contributed by atoms with van der Waals surface area (Å²) in [6, 6.07) is 12.4. The molecule has 0 spiro atoms. The van der Waals surface area contributed by atoms with Crippen molar-refractivity contribution < 1.29 is 0 Å². The maximum absolute atomic E-state index is 9.34. The molecule has 1 aliphatic rings. The molecule has 1 aromatic heterocycles. The van der Waals surface area contributed by atoms with Gasteiger partial charge in [0, 0.05) is 16.5 Å². The molecule has 0 aliphatic heterocycles. The third-order valence-electron chi connectivity index (χ3n) is 4.44. The van der Waals surface area contributed by atoms with E-state index in [1.54, 1.807) is 11.3 Å². The molecular weight excluding hydrogens is 409 g/mol. The molecule has 1 heterocycles. The van der Waals surface area contributed by atoms with Crippen LogP contribution in [-0.2, 0) is 13.0 Å². The van der Waals surface area contributed by atoms with Crippen molar-refractivity contribution in [2.45, 2.75) is 38.6 Å². The maximum Gasteiger partial charge on any atom is 0.187 e. The van der Waals surface area contributed by atoms with Gasteiger partial charge in [-0.05, 0) is 36.0 Å². The van der Waals surface area contributed by atoms with Gasteiger partial charge in [-0.2, -0.15) is 5.26 Å². The summed E-state index contributed by atoms with van der Waals surface area (Å²) in [6.45, 7) is 5.35. The molecular formula is C22H23Cl2N3S. The number of hydrogen-bond acceptors (Lipinski definition) is 4. The second kappa shape index (κ2) is 9.60. The molecule has 1 unspecified atom stereocenters. The number of aromatic nitrogens is 1. The molecule has 1 atom stereocenters. The number of nitriles is 1. The van der Waals surface area contributed by atoms with Crippen LogP contribution in [0, 0.1) is 17.2 Å². The number of hydrogen-bond donors (Lipinski definition) is 0. The number of anilines is 1. The van der Waals surface area contributed by atoms with Crippen molar-refractivity contribution in [2.75, 3.05) is 11.4 Å². The first-order valence-corrected chi connectivity index (χ1v) is 11.0. The Morgan fingerprint density at radius 3 is 2.71 bits per heavy atom. The molecule has 0 saturated heterocycles. The summed E-state index contributed by atoms with van der Waals surface area (Å²) in [7, 11) is 0. The quantitative estimate of drug-likeness (QED) is 0.376. The standard InChI is InChI=1S/C22H23Cl2N3S/c1-15(2)12-20-21(17-8-9-18(23)19(24)13-17)26-22(28-20)27(11-10-25)14-16-6-4-3-5-7-16/h3-8,13,15,18H,9,11-12,14H2,1-2H3. The van der Waals surface area contributed by atoms with Crippen molar-refractivity contribution in [3.05, 3.63) is 63.7 Å². The molecule has 1 aromatic carbocycles. The van der Waals surface area contributed by atoms with Crippen molar-refractivity contribution in [1.29, 1.82) is 5.26 Å². The fourth-order valence-electron chi connectivity index (χ4n) is 3.10. The molecule has 1 aliphatic carbocycles. The number of allylic oxidation sites excluding steroid dienone is 4. The fourth-order valence-corrected chi connectivity index (χ4v) is 4.75. The van der Waals surface area contributed by atoms with Gasteiger partial charge >= 0.3 is 0 Å². The molecule has 2 aromatic rings. The van der Waals surface area contributed by atoms with Gasteiger partial charge in [0.15, 0.2) is 5.13 Å². The summed E-state index contributed by atoms with van der Waals surface area (Å²) in [5, 5.41) is 10.7. The average molecular weight is 432 g/mol. The minimum Gasteiger partial charge on any atom is -0.330 e. The van der Waals surface area contributed by atoms with Crippen molar-refractivity contribution in [1.82, 2.24) is 4.98 Å². The van der Waals surface area contributed by atoms with Gasteiger partial charge < -0.3 is 4.90 Å². The van der Waals surface area contributed by atoms with Crippen LogP contribution >= 0.6 is 34.5 Å². The van der Waals surface area contributed by atoms with Gasteiger partial charge in [-0.1, -0.05) is 61.9 Å². The van der Waals surface area contributed by atoms with E-state index in [0.717, 1.165) is 28.4 Å². The van der Waals surface area contributed by atoms with Gasteiger partial charge in [0.25, 0.3) is 0 Å². The second-order valence-electron chi connectivity index (χ2n) is 7.26. The largest absolute Gasteiger partial charge is 0.330 e. The van der Waals surface area contributed by atoms with Crippen LogP contribution in [0.1, 0.15) is 36.4 Å². The Kier molecular flexibility index (Phi) is 7.18. The van der Waals surface area contributed by atoms with Gasteiger partial charge in [0.1, 0.15) is 6.54 Å². The third kappa shape index (κ3) is 5.17. The normalized spacial score (nSPS) is 16.5. The Balaban J connectivity index is 1.96. The molecule has 0 radical (unpaired) electrons. The molecule has 0 fully saturated rings. The Morgan fingerprint density at radius 2 is 2.07 bits per heavy atom. The van der Waals surface area contributed by atoms with E-state index in [0.29, 0.717) is 30.5 Å². The van der Waals surface area contributed by atoms with Gasteiger partial charge in [-0.3, -0.25) is 0 Å². The lowest BCUT2D eigenvalue weighted by Crippen LogP contribution is -2.22. The zero-order valence-corrected chi connectivity index (χ0v) is 18.4. The zero-order valence-electron chi connectivity index (χ0n) is 16.0. The van der Waals surface area contributed by atoms with Crippen LogP contribution in [-0.4, -0.2) is 16.9 Å². The van der Waals surface area contributed by atoms with E-state index >= 15 is 0 Å². The van der Waals surface area contributed by atoms with Crippen LogP contribution in [0.3, 0.4) is 0 Å². The molecule has 3 rings (SSSR count). The highest BCUT2D eigenvalue weighted by Crippen LogP contribution is 2.37. The van der Waals surface area contributed by atoms with Crippen molar-refractivity contribution in [2.24, 2.45) is 5.92 Å². The van der Waals surface area contributed by atoms with E-state index in [1.165, 1.54) is 4.88 Å². The van der Waals surface area contributed by atoms with Crippen LogP contribution in [0.5, 0.6) is 0 Å². The average Bonchev–Trinajstić information content (AvgIpc) is 3.07. The number of rotatable bonds is 7. The SMILES string of the molecule is CC(C)Cc1sc(N(CC#N)Cc2ccccc2)nc1C1=CCC(Cl)C(Cl)=C1. The summed E-state index contributed by atoms with van der Waals surface area (Å²) in [4.78, 5) is 8.20. The second-order valence-corrected chi connectivity index (χ2v) is 9.28. The number of halogens is 2. The first-order chi connectivity index (χ1) is 13.5. The van der Waals surface area contributed by atoms with Gasteiger partial charge in [-0.25, -0.2) is 4.98 Å². The monoisotopic (exact) mass is 431 g/mol. The molecule has 0 amide bonds. The summed E-state index contributed by atoms with van der Waals surface area (Å²) in [5.74, 6) is 0.509. The van der Waals surface area contributed by atoms with E-state index in [-0.39, 0.29) is 5.38 Å². The highest BCUT2D eigenvalue weighted by Gasteiger charge is 2.22. The first kappa shape index (κ1) is 20.9. The predicted octanol–water partition coefficient (Wildman–Crippen LogP) is 6.39. The summed E-state index contributed by atoms with van der Waals surface area (Å²) in [5.41, 5.74) is 3.15. The Labute approximate surface area is 180 Å². The van der Waals surface area contributed by atoms with Crippen molar-refractivity contribution >= 4 is 45.2 Å². The number of nitrogens with zero attached hydrogens (tertiary/aromatic N) is 3. The Bertz CT molecular complexity index is 910. The first-order valence-electron chi connectivity index (χ1n) is 9.35. The van der Waals surface area contributed by atoms with Crippen LogP contribution in [0.25, 0.3) is 5.57 Å². The lowest BCUT2D eigenvalue weighted by Gasteiger charge is -2.18. The molecule has 3 nitrogen and oxygen atoms in total. The topological polar surface area (TPSA) is 39.9 Å². The van der Waals surface area contributed by atoms with Crippen molar-refractivity contribution in [3.63, 3.8) is 0 Å². The Morgan fingerprint density at radius 1 is 1.32 bits per heavy atom. The smallest absolute Gasteiger partial charge is 0.187 e. The molecule has 28 heavy (non-hydrogen) atoms. The van der Waals surface area contributed by atoms with Crippen LogP contribution in [0.2, 0.25) is 0 Å². The summed E-state index contributed by atoms with van der Waals surface area (Å²) < 4.78 is 0. The lowest BCUT2D eigenvalue weighted by atomic mass is 10.0. The maximum atomic E-state index is 9.34. The van der Waals surface area contributed by atoms with Crippen molar-refractivity contribution in [3.8, 4) is 6.07 Å². The van der Waals surface area contributed by atoms with Gasteiger partial charge in [-0.15, -0.1) is 22.9 Å². The lowest BCUT2D eigenvalue weighted by molar-refractivity contribution is 0.652. The Hall–Kier alpha value is -1.80. The molecule has 0 N–H and O–H groups in total. The number of benzene rings is 1. The molecule has 6 heteroatoms. The minimum atomic E-state index is -0.162. The third-order valence-corrected chi connectivity index (χ3v) is 6.47. The van der Waals surface area contributed by atoms with E-state index in [1.807, 2.05) is 29.2 Å². The van der Waals surface area contributed by atoms with E-state index in [4.69, 9.17) is 28.2 Å². The van der Waals surface area contributed by atoms with Crippen LogP contribution in [0.15, 0.2) is 47.5 Å². The summed E-state index contributed by atoms with van der Waals surface area (Å²) in [6.07, 6.45) is 5.67. The predicted molar refractivity (Wildman–Crippen MR) is 120 cm³/mol.